The van der Waals surface area contributed by atoms with Crippen LogP contribution in [0.5, 0.6) is 0 Å². The third-order valence-electron chi connectivity index (χ3n) is 0.299. The van der Waals surface area contributed by atoms with Crippen molar-refractivity contribution in [2.24, 2.45) is 32.1 Å². The van der Waals surface area contributed by atoms with Gasteiger partial charge in [0, 0.05) is 0 Å². The minimum Gasteiger partial charge on any atom is -0.322 e. The standard InChI is InChI=1S/C2N2.2CH4N4/c3-1-2-4;2*2-4-1-5-3/h;2*1-2H,3H2. The molecule has 0 heterocycles. The first kappa shape index (κ1) is 17.3. The van der Waals surface area contributed by atoms with Crippen LogP contribution in [0.15, 0.2) is 20.4 Å². The van der Waals surface area contributed by atoms with Gasteiger partial charge in [-0.3, -0.25) is 0 Å². The fourth-order valence-electron chi connectivity index (χ4n) is 0.0667. The molecule has 0 aliphatic heterocycles. The van der Waals surface area contributed by atoms with Crippen molar-refractivity contribution in [3.05, 3.63) is 0 Å². The number of rotatable bonds is 2. The Kier molecular flexibility index (Phi) is 39.6. The maximum absolute atomic E-state index is 7.26. The highest BCUT2D eigenvalue weighted by molar-refractivity contribution is 5.53. The summed E-state index contributed by atoms with van der Waals surface area (Å²) in [5, 5.41) is 25.7. The molecule has 0 unspecified atom stereocenters. The van der Waals surface area contributed by atoms with E-state index in [0.29, 0.717) is 0 Å². The summed E-state index contributed by atoms with van der Waals surface area (Å²) >= 11 is 0. The average Bonchev–Trinajstić information content (AvgIpc) is 2.22. The summed E-state index contributed by atoms with van der Waals surface area (Å²) in [7, 11) is 0. The summed E-state index contributed by atoms with van der Waals surface area (Å²) in [4.78, 5) is 0. The van der Waals surface area contributed by atoms with Crippen LogP contribution >= 0.6 is 0 Å². The Balaban J connectivity index is -0.000000131. The number of nitrogens with one attached hydrogen (secondary N) is 2. The van der Waals surface area contributed by atoms with E-state index in [9.17, 15) is 0 Å². The van der Waals surface area contributed by atoms with Crippen LogP contribution in [-0.4, -0.2) is 12.7 Å². The van der Waals surface area contributed by atoms with Crippen LogP contribution in [0, 0.1) is 33.7 Å². The van der Waals surface area contributed by atoms with E-state index < -0.39 is 0 Å². The molecule has 6 N–H and O–H groups in total. The maximum atomic E-state index is 7.26. The summed E-state index contributed by atoms with van der Waals surface area (Å²) in [5.41, 5.74) is 12.0. The maximum Gasteiger partial charge on any atom is 0.181 e. The SMILES string of the molecule is N#CC#N.N=NC=NN.N=NC=NN. The zero-order valence-corrected chi connectivity index (χ0v) is 6.99. The number of hydrazone groups is 2. The Bertz CT molecular complexity index is 222. The Morgan fingerprint density at radius 3 is 1.21 bits per heavy atom. The smallest absolute Gasteiger partial charge is 0.181 e. The number of nitrogens with zero attached hydrogens (tertiary/aromatic N) is 6. The van der Waals surface area contributed by atoms with Gasteiger partial charge in [-0.15, -0.1) is 10.2 Å². The first-order chi connectivity index (χ1) is 6.74. The highest BCUT2D eigenvalue weighted by Crippen LogP contribution is 1.45. The van der Waals surface area contributed by atoms with E-state index in [0.717, 1.165) is 12.7 Å². The lowest BCUT2D eigenvalue weighted by Gasteiger charge is -1.58. The molecule has 0 radical (unpaired) electrons. The number of nitriles is 2. The molecule has 0 rings (SSSR count). The zero-order chi connectivity index (χ0) is 11.7. The van der Waals surface area contributed by atoms with E-state index in [2.05, 4.69) is 32.1 Å². The van der Waals surface area contributed by atoms with Gasteiger partial charge in [0.25, 0.3) is 0 Å². The van der Waals surface area contributed by atoms with Gasteiger partial charge < -0.3 is 11.7 Å². The van der Waals surface area contributed by atoms with Crippen molar-refractivity contribution in [1.29, 1.82) is 21.6 Å². The molecule has 0 aromatic carbocycles. The first-order valence-electron chi connectivity index (χ1n) is 2.69. The molecular formula is C4H8N10. The molecule has 0 aliphatic carbocycles. The third-order valence-corrected chi connectivity index (χ3v) is 0.299. The normalized spacial score (nSPS) is 7.00. The molecule has 0 fully saturated rings. The molecule has 0 saturated carbocycles. The second-order valence-electron chi connectivity index (χ2n) is 1.01. The number of nitrogens with two attached hydrogens (primary N) is 2. The minimum atomic E-state index is 0.944. The van der Waals surface area contributed by atoms with Gasteiger partial charge in [0.2, 0.25) is 0 Å². The van der Waals surface area contributed by atoms with E-state index >= 15 is 0 Å². The van der Waals surface area contributed by atoms with Crippen molar-refractivity contribution in [3.63, 3.8) is 0 Å². The van der Waals surface area contributed by atoms with Crippen LogP contribution in [0.25, 0.3) is 0 Å². The predicted octanol–water partition coefficient (Wildman–Crippen LogP) is -0.128. The minimum absolute atomic E-state index is 0.944. The quantitative estimate of drug-likeness (QED) is 0.157. The summed E-state index contributed by atoms with van der Waals surface area (Å²) in [6.45, 7) is 0. The molecule has 0 aliphatic rings. The fraction of sp³-hybridized carbons (Fsp3) is 0. The Morgan fingerprint density at radius 2 is 1.21 bits per heavy atom. The lowest BCUT2D eigenvalue weighted by Crippen LogP contribution is -1.75. The number of hydrogen-bond acceptors (Lipinski definition) is 8. The molecule has 10 nitrogen and oxygen atoms in total. The van der Waals surface area contributed by atoms with Crippen LogP contribution in [0.4, 0.5) is 0 Å². The number of hydrogen-bond donors (Lipinski definition) is 4. The van der Waals surface area contributed by atoms with E-state index in [4.69, 9.17) is 21.6 Å². The molecular weight excluding hydrogens is 188 g/mol. The van der Waals surface area contributed by atoms with E-state index in [1.54, 1.807) is 0 Å². The van der Waals surface area contributed by atoms with Crippen LogP contribution in [0.1, 0.15) is 0 Å². The summed E-state index contributed by atoms with van der Waals surface area (Å²) in [6, 6.07) is 2.47. The average molecular weight is 196 g/mol. The molecule has 0 bridgehead atoms. The van der Waals surface area contributed by atoms with Crippen LogP contribution in [0.2, 0.25) is 0 Å². The molecule has 0 saturated heterocycles. The van der Waals surface area contributed by atoms with E-state index in [-0.39, 0.29) is 0 Å². The van der Waals surface area contributed by atoms with Gasteiger partial charge in [-0.2, -0.15) is 20.7 Å². The molecule has 0 aromatic rings. The van der Waals surface area contributed by atoms with Crippen LogP contribution in [0.3, 0.4) is 0 Å². The first-order valence-corrected chi connectivity index (χ1v) is 2.69. The topological polar surface area (TPSA) is 197 Å². The molecule has 14 heavy (non-hydrogen) atoms. The third kappa shape index (κ3) is 134. The summed E-state index contributed by atoms with van der Waals surface area (Å²) in [5.74, 6) is 8.99. The summed E-state index contributed by atoms with van der Waals surface area (Å²) < 4.78 is 0. The van der Waals surface area contributed by atoms with Crippen molar-refractivity contribution < 1.29 is 0 Å². The van der Waals surface area contributed by atoms with Gasteiger partial charge in [0.15, 0.2) is 24.8 Å². The molecule has 0 amide bonds. The lowest BCUT2D eigenvalue weighted by atomic mass is 10.9. The fourth-order valence-corrected chi connectivity index (χ4v) is 0.0667. The van der Waals surface area contributed by atoms with Gasteiger partial charge in [-0.1, -0.05) is 0 Å². The second kappa shape index (κ2) is 32.1. The lowest BCUT2D eigenvalue weighted by molar-refractivity contribution is 1.17. The van der Waals surface area contributed by atoms with Crippen LogP contribution < -0.4 is 11.7 Å². The van der Waals surface area contributed by atoms with Gasteiger partial charge >= 0.3 is 0 Å². The molecule has 0 atom stereocenters. The monoisotopic (exact) mass is 196 g/mol. The zero-order valence-electron chi connectivity index (χ0n) is 6.99. The van der Waals surface area contributed by atoms with Crippen molar-refractivity contribution in [2.45, 2.75) is 0 Å². The van der Waals surface area contributed by atoms with Crippen molar-refractivity contribution >= 4 is 12.7 Å². The van der Waals surface area contributed by atoms with Crippen molar-refractivity contribution in [1.82, 2.24) is 0 Å². The van der Waals surface area contributed by atoms with Crippen molar-refractivity contribution in [2.75, 3.05) is 0 Å². The second-order valence-corrected chi connectivity index (χ2v) is 1.01. The Labute approximate surface area is 79.5 Å². The molecule has 0 spiro atoms. The predicted molar refractivity (Wildman–Crippen MR) is 46.9 cm³/mol. The van der Waals surface area contributed by atoms with Gasteiger partial charge in [0.05, 0.1) is 0 Å². The molecule has 74 valence electrons. The molecule has 10 heteroatoms. The highest BCUT2D eigenvalue weighted by atomic mass is 15.2. The largest absolute Gasteiger partial charge is 0.322 e. The Hall–Kier alpha value is -2.88. The molecule has 0 aromatic heterocycles. The van der Waals surface area contributed by atoms with Crippen LogP contribution in [-0.2, 0) is 0 Å². The van der Waals surface area contributed by atoms with Crippen molar-refractivity contribution in [3.8, 4) is 12.1 Å². The summed E-state index contributed by atoms with van der Waals surface area (Å²) in [6.07, 6.45) is 1.89. The highest BCUT2D eigenvalue weighted by Gasteiger charge is 1.44. The van der Waals surface area contributed by atoms with Gasteiger partial charge in [-0.05, 0) is 0 Å². The van der Waals surface area contributed by atoms with Gasteiger partial charge in [-0.25, -0.2) is 11.1 Å². The van der Waals surface area contributed by atoms with Gasteiger partial charge in [0.1, 0.15) is 0 Å². The van der Waals surface area contributed by atoms with E-state index in [1.807, 2.05) is 0 Å². The van der Waals surface area contributed by atoms with E-state index in [1.165, 1.54) is 12.1 Å². The Morgan fingerprint density at radius 1 is 0.929 bits per heavy atom.